The van der Waals surface area contributed by atoms with Crippen LogP contribution in [0, 0.1) is 20.8 Å². The van der Waals surface area contributed by atoms with Crippen LogP contribution >= 0.6 is 0 Å². The van der Waals surface area contributed by atoms with Crippen molar-refractivity contribution >= 4 is 0 Å². The van der Waals surface area contributed by atoms with Crippen molar-refractivity contribution in [2.45, 2.75) is 119 Å². The Kier molecular flexibility index (Phi) is 9.76. The number of phenols is 3. The van der Waals surface area contributed by atoms with Crippen LogP contribution in [0.15, 0.2) is 36.4 Å². The molecule has 0 amide bonds. The van der Waals surface area contributed by atoms with Gasteiger partial charge in [-0.25, -0.2) is 0 Å². The highest BCUT2D eigenvalue weighted by atomic mass is 16.3. The van der Waals surface area contributed by atoms with E-state index in [9.17, 15) is 15.3 Å². The normalized spacial score (nSPS) is 16.0. The molecule has 0 atom stereocenters. The predicted octanol–water partition coefficient (Wildman–Crippen LogP) is 8.31. The maximum Gasteiger partial charge on any atom is 0.122 e. The second-order valence-corrected chi connectivity index (χ2v) is 16.4. The number of aromatic hydroxyl groups is 3. The molecule has 1 heterocycles. The van der Waals surface area contributed by atoms with Gasteiger partial charge in [0.05, 0.1) is 20.0 Å². The third-order valence-electron chi connectivity index (χ3n) is 9.44. The van der Waals surface area contributed by atoms with Crippen molar-refractivity contribution in [1.29, 1.82) is 0 Å². The molecule has 6 heteroatoms. The Labute approximate surface area is 272 Å². The second kappa shape index (κ2) is 12.6. The van der Waals surface area contributed by atoms with E-state index in [1.54, 1.807) is 0 Å². The van der Waals surface area contributed by atoms with Crippen LogP contribution in [0.3, 0.4) is 0 Å². The van der Waals surface area contributed by atoms with Crippen LogP contribution in [0.5, 0.6) is 17.2 Å². The average molecular weight is 616 g/mol. The Hall–Kier alpha value is -3.06. The van der Waals surface area contributed by atoms with E-state index in [0.29, 0.717) is 36.9 Å². The van der Waals surface area contributed by atoms with E-state index in [1.807, 2.05) is 20.8 Å². The van der Waals surface area contributed by atoms with E-state index >= 15 is 0 Å². The van der Waals surface area contributed by atoms with Gasteiger partial charge >= 0.3 is 0 Å². The highest BCUT2D eigenvalue weighted by Gasteiger charge is 2.29. The van der Waals surface area contributed by atoms with Crippen molar-refractivity contribution in [3.8, 4) is 17.2 Å². The Morgan fingerprint density at radius 3 is 0.867 bits per heavy atom. The van der Waals surface area contributed by atoms with Crippen LogP contribution in [-0.4, -0.2) is 50.0 Å². The maximum absolute atomic E-state index is 11.1. The summed E-state index contributed by atoms with van der Waals surface area (Å²) in [6.45, 7) is 29.6. The molecule has 0 aromatic heterocycles. The largest absolute Gasteiger partial charge is 0.507 e. The van der Waals surface area contributed by atoms with Crippen molar-refractivity contribution in [1.82, 2.24) is 14.7 Å². The summed E-state index contributed by atoms with van der Waals surface area (Å²) in [7, 11) is 0. The summed E-state index contributed by atoms with van der Waals surface area (Å²) in [5.41, 5.74) is 8.65. The molecule has 3 aromatic rings. The Morgan fingerprint density at radius 2 is 0.667 bits per heavy atom. The molecule has 3 N–H and O–H groups in total. The number of nitrogens with zero attached hydrogens (tertiary/aromatic N) is 3. The first-order valence-corrected chi connectivity index (χ1v) is 16.3. The van der Waals surface area contributed by atoms with Gasteiger partial charge in [-0.1, -0.05) is 98.7 Å². The standard InChI is InChI=1S/C39H57N3O3/c1-25-28(13-16-31(34(25)43)37(4,5)6)19-40-22-41(20-29-14-17-32(38(7,8)9)35(44)26(29)2)24-42(23-40)21-30-15-18-33(39(10,11)12)36(45)27(30)3/h13-18,43-45H,19-24H2,1-12H3. The van der Waals surface area contributed by atoms with Gasteiger partial charge in [-0.2, -0.15) is 0 Å². The van der Waals surface area contributed by atoms with Crippen LogP contribution in [0.1, 0.15) is 112 Å². The number of rotatable bonds is 6. The lowest BCUT2D eigenvalue weighted by atomic mass is 9.84. The molecule has 0 aliphatic carbocycles. The first kappa shape index (κ1) is 34.8. The zero-order chi connectivity index (χ0) is 33.6. The van der Waals surface area contributed by atoms with Crippen LogP contribution in [0.4, 0.5) is 0 Å². The third-order valence-corrected chi connectivity index (χ3v) is 9.44. The lowest BCUT2D eigenvalue weighted by molar-refractivity contribution is -0.0425. The van der Waals surface area contributed by atoms with Gasteiger partial charge in [0.25, 0.3) is 0 Å². The lowest BCUT2D eigenvalue weighted by Gasteiger charge is -2.43. The summed E-state index contributed by atoms with van der Waals surface area (Å²) in [6.07, 6.45) is 0. The maximum atomic E-state index is 11.1. The SMILES string of the molecule is Cc1c(CN2CN(Cc3ccc(C(C)(C)C)c(O)c3C)CN(Cc3ccc(C(C)(C)C)c(O)c3C)C2)ccc(C(C)(C)C)c1O. The van der Waals surface area contributed by atoms with Crippen molar-refractivity contribution in [3.05, 3.63) is 86.5 Å². The molecule has 0 unspecified atom stereocenters. The summed E-state index contributed by atoms with van der Waals surface area (Å²) >= 11 is 0. The third kappa shape index (κ3) is 7.67. The topological polar surface area (TPSA) is 70.4 Å². The first-order valence-electron chi connectivity index (χ1n) is 16.3. The monoisotopic (exact) mass is 615 g/mol. The van der Waals surface area contributed by atoms with Crippen molar-refractivity contribution < 1.29 is 15.3 Å². The summed E-state index contributed by atoms with van der Waals surface area (Å²) in [6, 6.07) is 12.7. The minimum absolute atomic E-state index is 0.135. The van der Waals surface area contributed by atoms with Crippen LogP contribution in [0.2, 0.25) is 0 Å². The van der Waals surface area contributed by atoms with Gasteiger partial charge in [-0.3, -0.25) is 14.7 Å². The second-order valence-electron chi connectivity index (χ2n) is 16.4. The molecule has 0 spiro atoms. The van der Waals surface area contributed by atoms with Gasteiger partial charge < -0.3 is 15.3 Å². The number of hydrogen-bond acceptors (Lipinski definition) is 6. The number of hydrogen-bond donors (Lipinski definition) is 3. The Balaban J connectivity index is 1.65. The quantitative estimate of drug-likeness (QED) is 0.259. The van der Waals surface area contributed by atoms with E-state index in [1.165, 1.54) is 0 Å². The molecular formula is C39H57N3O3. The van der Waals surface area contributed by atoms with Crippen molar-refractivity contribution in [2.75, 3.05) is 20.0 Å². The average Bonchev–Trinajstić information content (AvgIpc) is 2.90. The molecule has 1 aliphatic rings. The summed E-state index contributed by atoms with van der Waals surface area (Å²) < 4.78 is 0. The fraction of sp³-hybridized carbons (Fsp3) is 0.538. The van der Waals surface area contributed by atoms with Gasteiger partial charge in [0.2, 0.25) is 0 Å². The van der Waals surface area contributed by atoms with Crippen molar-refractivity contribution in [3.63, 3.8) is 0 Å². The molecule has 6 nitrogen and oxygen atoms in total. The van der Waals surface area contributed by atoms with Gasteiger partial charge in [0, 0.05) is 19.6 Å². The minimum atomic E-state index is -0.135. The summed E-state index contributed by atoms with van der Waals surface area (Å²) in [5.74, 6) is 1.17. The minimum Gasteiger partial charge on any atom is -0.507 e. The molecule has 0 saturated carbocycles. The molecular weight excluding hydrogens is 558 g/mol. The zero-order valence-corrected chi connectivity index (χ0v) is 29.9. The molecule has 3 aromatic carbocycles. The molecule has 0 bridgehead atoms. The van der Waals surface area contributed by atoms with E-state index < -0.39 is 0 Å². The summed E-state index contributed by atoms with van der Waals surface area (Å²) in [5, 5.41) is 33.4. The highest BCUT2D eigenvalue weighted by molar-refractivity contribution is 5.49. The van der Waals surface area contributed by atoms with Gasteiger partial charge in [-0.05, 0) is 87.1 Å². The lowest BCUT2D eigenvalue weighted by Crippen LogP contribution is -2.53. The van der Waals surface area contributed by atoms with E-state index in [-0.39, 0.29) is 16.2 Å². The smallest absolute Gasteiger partial charge is 0.122 e. The zero-order valence-electron chi connectivity index (χ0n) is 29.9. The first-order chi connectivity index (χ1) is 20.7. The molecule has 0 radical (unpaired) electrons. The van der Waals surface area contributed by atoms with Crippen LogP contribution < -0.4 is 0 Å². The van der Waals surface area contributed by atoms with E-state index in [2.05, 4.69) is 113 Å². The fourth-order valence-electron chi connectivity index (χ4n) is 6.56. The number of benzene rings is 3. The molecule has 246 valence electrons. The molecule has 1 aliphatic heterocycles. The predicted molar refractivity (Wildman–Crippen MR) is 186 cm³/mol. The molecule has 45 heavy (non-hydrogen) atoms. The van der Waals surface area contributed by atoms with Crippen LogP contribution in [0.25, 0.3) is 0 Å². The van der Waals surface area contributed by atoms with E-state index in [0.717, 1.165) is 70.1 Å². The Morgan fingerprint density at radius 1 is 0.444 bits per heavy atom. The van der Waals surface area contributed by atoms with Crippen LogP contribution in [-0.2, 0) is 35.9 Å². The van der Waals surface area contributed by atoms with Gasteiger partial charge in [-0.15, -0.1) is 0 Å². The van der Waals surface area contributed by atoms with Gasteiger partial charge in [0.1, 0.15) is 17.2 Å². The van der Waals surface area contributed by atoms with Gasteiger partial charge in [0.15, 0.2) is 0 Å². The fourth-order valence-corrected chi connectivity index (χ4v) is 6.56. The molecule has 4 rings (SSSR count). The molecule has 1 saturated heterocycles. The Bertz CT molecular complexity index is 1350. The van der Waals surface area contributed by atoms with Crippen molar-refractivity contribution in [2.24, 2.45) is 0 Å². The van der Waals surface area contributed by atoms with E-state index in [4.69, 9.17) is 0 Å². The summed E-state index contributed by atoms with van der Waals surface area (Å²) in [4.78, 5) is 7.25. The molecule has 1 fully saturated rings. The highest BCUT2D eigenvalue weighted by Crippen LogP contribution is 2.38. The number of phenolic OH excluding ortho intramolecular Hbond substituents is 3.